The summed E-state index contributed by atoms with van der Waals surface area (Å²) in [6, 6.07) is 13.1. The van der Waals surface area contributed by atoms with Crippen LogP contribution in [0.25, 0.3) is 0 Å². The molecule has 184 valence electrons. The Hall–Kier alpha value is -3.47. The summed E-state index contributed by atoms with van der Waals surface area (Å²) in [5.41, 5.74) is 0.447. The Bertz CT molecular complexity index is 1120. The van der Waals surface area contributed by atoms with E-state index in [4.69, 9.17) is 0 Å². The van der Waals surface area contributed by atoms with Gasteiger partial charge in [0.15, 0.2) is 0 Å². The summed E-state index contributed by atoms with van der Waals surface area (Å²) in [6.45, 7) is 4.82. The summed E-state index contributed by atoms with van der Waals surface area (Å²) in [5.74, 6) is -0.979. The molecule has 0 aliphatic rings. The van der Waals surface area contributed by atoms with E-state index in [1.165, 1.54) is 23.1 Å². The largest absolute Gasteiger partial charge is 0.352 e. The van der Waals surface area contributed by atoms with E-state index in [0.29, 0.717) is 6.42 Å². The van der Waals surface area contributed by atoms with Crippen LogP contribution >= 0.6 is 0 Å². The molecule has 2 aromatic carbocycles. The highest BCUT2D eigenvalue weighted by Crippen LogP contribution is 2.23. The van der Waals surface area contributed by atoms with Gasteiger partial charge in [0.25, 0.3) is 5.69 Å². The SMILES string of the molecule is CC[C@@H](C)NC(=O)[C@H](C)N(Cc1ccccc1)C(=O)CN(c1cccc([N+](=O)[O-])c1)S(C)(=O)=O. The van der Waals surface area contributed by atoms with Gasteiger partial charge in [-0.1, -0.05) is 43.3 Å². The number of amides is 2. The fraction of sp³-hybridized carbons (Fsp3) is 0.391. The standard InChI is InChI=1S/C23H30N4O6S/c1-5-17(2)24-23(29)18(3)25(15-19-10-7-6-8-11-19)22(28)16-26(34(4,32)33)20-12-9-13-21(14-20)27(30)31/h6-14,17-18H,5,15-16H2,1-4H3,(H,24,29)/t17-,18+/m1/s1. The number of nitro groups is 1. The van der Waals surface area contributed by atoms with Crippen molar-refractivity contribution in [1.82, 2.24) is 10.2 Å². The average Bonchev–Trinajstić information content (AvgIpc) is 2.80. The third-order valence-corrected chi connectivity index (χ3v) is 6.51. The number of anilines is 1. The molecule has 0 saturated heterocycles. The Morgan fingerprint density at radius 3 is 2.29 bits per heavy atom. The highest BCUT2D eigenvalue weighted by atomic mass is 32.2. The maximum atomic E-state index is 13.4. The minimum atomic E-state index is -3.97. The molecule has 2 amide bonds. The molecule has 0 aliphatic heterocycles. The van der Waals surface area contributed by atoms with Crippen molar-refractivity contribution >= 4 is 33.2 Å². The molecule has 0 heterocycles. The number of carbonyl (C=O) groups excluding carboxylic acids is 2. The van der Waals surface area contributed by atoms with Gasteiger partial charge in [0.05, 0.1) is 16.9 Å². The van der Waals surface area contributed by atoms with Crippen LogP contribution < -0.4 is 9.62 Å². The second kappa shape index (κ2) is 11.6. The van der Waals surface area contributed by atoms with Crippen molar-refractivity contribution in [2.45, 2.75) is 45.8 Å². The summed E-state index contributed by atoms with van der Waals surface area (Å²) in [5, 5.41) is 14.0. The number of rotatable bonds is 11. The van der Waals surface area contributed by atoms with E-state index in [0.717, 1.165) is 22.2 Å². The molecule has 0 aliphatic carbocycles. The lowest BCUT2D eigenvalue weighted by atomic mass is 10.1. The zero-order valence-electron chi connectivity index (χ0n) is 19.7. The minimum Gasteiger partial charge on any atom is -0.352 e. The molecule has 0 radical (unpaired) electrons. The number of nitro benzene ring substituents is 1. The fourth-order valence-electron chi connectivity index (χ4n) is 3.20. The van der Waals surface area contributed by atoms with Crippen LogP contribution in [0.2, 0.25) is 0 Å². The molecule has 0 aromatic heterocycles. The van der Waals surface area contributed by atoms with Crippen LogP contribution in [-0.4, -0.2) is 54.9 Å². The van der Waals surface area contributed by atoms with Gasteiger partial charge in [-0.3, -0.25) is 24.0 Å². The molecule has 0 spiro atoms. The van der Waals surface area contributed by atoms with Crippen LogP contribution in [0.3, 0.4) is 0 Å². The zero-order chi connectivity index (χ0) is 25.5. The van der Waals surface area contributed by atoms with E-state index in [-0.39, 0.29) is 29.9 Å². The van der Waals surface area contributed by atoms with Crippen LogP contribution in [0, 0.1) is 10.1 Å². The first kappa shape index (κ1) is 26.8. The first-order chi connectivity index (χ1) is 15.9. The molecular weight excluding hydrogens is 460 g/mol. The molecule has 34 heavy (non-hydrogen) atoms. The second-order valence-electron chi connectivity index (χ2n) is 8.05. The number of carbonyl (C=O) groups is 2. The average molecular weight is 491 g/mol. The van der Waals surface area contributed by atoms with Gasteiger partial charge in [0, 0.05) is 24.7 Å². The molecule has 2 rings (SSSR count). The van der Waals surface area contributed by atoms with E-state index in [9.17, 15) is 28.1 Å². The van der Waals surface area contributed by atoms with Crippen LogP contribution in [0.1, 0.15) is 32.8 Å². The summed E-state index contributed by atoms with van der Waals surface area (Å²) < 4.78 is 25.9. The molecule has 2 aromatic rings. The first-order valence-corrected chi connectivity index (χ1v) is 12.6. The number of nitrogens with zero attached hydrogens (tertiary/aromatic N) is 3. The number of nitrogens with one attached hydrogen (secondary N) is 1. The maximum absolute atomic E-state index is 13.4. The number of benzene rings is 2. The third kappa shape index (κ3) is 7.27. The van der Waals surface area contributed by atoms with Gasteiger partial charge < -0.3 is 10.2 Å². The van der Waals surface area contributed by atoms with Crippen LogP contribution in [0.5, 0.6) is 0 Å². The number of sulfonamides is 1. The van der Waals surface area contributed by atoms with Crippen molar-refractivity contribution in [1.29, 1.82) is 0 Å². The summed E-state index contributed by atoms with van der Waals surface area (Å²) in [6.07, 6.45) is 1.62. The van der Waals surface area contributed by atoms with Gasteiger partial charge in [-0.05, 0) is 31.9 Å². The number of non-ortho nitro benzene ring substituents is 1. The number of hydrogen-bond donors (Lipinski definition) is 1. The normalized spacial score (nSPS) is 12.9. The monoisotopic (exact) mass is 490 g/mol. The fourth-order valence-corrected chi connectivity index (χ4v) is 4.05. The third-order valence-electron chi connectivity index (χ3n) is 5.37. The van der Waals surface area contributed by atoms with Gasteiger partial charge in [-0.25, -0.2) is 8.42 Å². The van der Waals surface area contributed by atoms with Crippen molar-refractivity contribution in [3.63, 3.8) is 0 Å². The lowest BCUT2D eigenvalue weighted by Crippen LogP contribution is -2.52. The Balaban J connectivity index is 2.40. The summed E-state index contributed by atoms with van der Waals surface area (Å²) >= 11 is 0. The van der Waals surface area contributed by atoms with E-state index in [1.807, 2.05) is 19.9 Å². The van der Waals surface area contributed by atoms with Crippen molar-refractivity contribution in [2.75, 3.05) is 17.1 Å². The Morgan fingerprint density at radius 1 is 1.09 bits per heavy atom. The summed E-state index contributed by atoms with van der Waals surface area (Å²) in [7, 11) is -3.97. The van der Waals surface area contributed by atoms with Gasteiger partial charge in [-0.2, -0.15) is 0 Å². The first-order valence-electron chi connectivity index (χ1n) is 10.8. The van der Waals surface area contributed by atoms with Crippen molar-refractivity contribution in [3.8, 4) is 0 Å². The maximum Gasteiger partial charge on any atom is 0.271 e. The molecule has 2 atom stereocenters. The lowest BCUT2D eigenvalue weighted by molar-refractivity contribution is -0.384. The predicted octanol–water partition coefficient (Wildman–Crippen LogP) is 2.69. The second-order valence-corrected chi connectivity index (χ2v) is 9.95. The van der Waals surface area contributed by atoms with E-state index in [1.54, 1.807) is 31.2 Å². The lowest BCUT2D eigenvalue weighted by Gasteiger charge is -2.32. The molecule has 0 bridgehead atoms. The van der Waals surface area contributed by atoms with Crippen molar-refractivity contribution in [3.05, 3.63) is 70.3 Å². The minimum absolute atomic E-state index is 0.0126. The molecular formula is C23H30N4O6S. The van der Waals surface area contributed by atoms with Crippen LogP contribution in [0.4, 0.5) is 11.4 Å². The topological polar surface area (TPSA) is 130 Å². The van der Waals surface area contributed by atoms with Crippen LogP contribution in [0.15, 0.2) is 54.6 Å². The highest BCUT2D eigenvalue weighted by molar-refractivity contribution is 7.92. The Kier molecular flexibility index (Phi) is 9.13. The highest BCUT2D eigenvalue weighted by Gasteiger charge is 2.30. The molecule has 11 heteroatoms. The molecule has 0 unspecified atom stereocenters. The zero-order valence-corrected chi connectivity index (χ0v) is 20.5. The molecule has 0 fully saturated rings. The smallest absolute Gasteiger partial charge is 0.271 e. The van der Waals surface area contributed by atoms with Gasteiger partial charge in [0.1, 0.15) is 12.6 Å². The molecule has 10 nitrogen and oxygen atoms in total. The Morgan fingerprint density at radius 2 is 1.74 bits per heavy atom. The predicted molar refractivity (Wildman–Crippen MR) is 130 cm³/mol. The van der Waals surface area contributed by atoms with E-state index in [2.05, 4.69) is 5.32 Å². The van der Waals surface area contributed by atoms with Crippen molar-refractivity contribution in [2.24, 2.45) is 0 Å². The molecule has 0 saturated carbocycles. The number of hydrogen-bond acceptors (Lipinski definition) is 6. The van der Waals surface area contributed by atoms with Crippen LogP contribution in [-0.2, 0) is 26.2 Å². The van der Waals surface area contributed by atoms with Gasteiger partial charge >= 0.3 is 0 Å². The van der Waals surface area contributed by atoms with Gasteiger partial charge in [-0.15, -0.1) is 0 Å². The Labute approximate surface area is 199 Å². The van der Waals surface area contributed by atoms with E-state index < -0.39 is 33.4 Å². The molecule has 1 N–H and O–H groups in total. The van der Waals surface area contributed by atoms with Crippen molar-refractivity contribution < 1.29 is 22.9 Å². The van der Waals surface area contributed by atoms with Gasteiger partial charge in [0.2, 0.25) is 21.8 Å². The summed E-state index contributed by atoms with van der Waals surface area (Å²) in [4.78, 5) is 38.0. The quantitative estimate of drug-likeness (QED) is 0.381. The van der Waals surface area contributed by atoms with E-state index >= 15 is 0 Å².